The first-order valence-corrected chi connectivity index (χ1v) is 15.4. The zero-order chi connectivity index (χ0) is 30.6. The van der Waals surface area contributed by atoms with Crippen LogP contribution in [0.1, 0.15) is 76.0 Å². The summed E-state index contributed by atoms with van der Waals surface area (Å²) in [6, 6.07) is 32.1. The average Bonchev–Trinajstić information content (AvgIpc) is 3.03. The predicted molar refractivity (Wildman–Crippen MR) is 172 cm³/mol. The summed E-state index contributed by atoms with van der Waals surface area (Å²) in [7, 11) is 0. The standard InChI is InChI=1S/C38H30BrNO4/c1-37(2,3)36(42)44-30-16-17-31(43-35(41)24-18-20-40-21-19-24)34-33(30)32-26-8-4-6-10-28(26)38(34,29-11-7-5-9-27(29)32)22-23-12-14-25(39)15-13-23/h4-21,32H,22H2,1-3H3. The van der Waals surface area contributed by atoms with Crippen molar-refractivity contribution in [3.05, 3.63) is 158 Å². The van der Waals surface area contributed by atoms with Crippen LogP contribution in [0.5, 0.6) is 11.5 Å². The van der Waals surface area contributed by atoms with E-state index in [-0.39, 0.29) is 11.9 Å². The SMILES string of the molecule is CC(C)(C)C(=O)Oc1ccc(OC(=O)c2ccncc2)c2c1C1c3ccccc3C2(Cc2ccc(Br)cc2)c2ccccc21. The molecule has 0 saturated carbocycles. The van der Waals surface area contributed by atoms with Gasteiger partial charge in [0.15, 0.2) is 0 Å². The second kappa shape index (κ2) is 10.6. The van der Waals surface area contributed by atoms with Gasteiger partial charge in [-0.3, -0.25) is 9.78 Å². The van der Waals surface area contributed by atoms with E-state index in [1.165, 1.54) is 0 Å². The van der Waals surface area contributed by atoms with E-state index < -0.39 is 16.8 Å². The van der Waals surface area contributed by atoms with E-state index >= 15 is 0 Å². The Bertz CT molecular complexity index is 1880. The van der Waals surface area contributed by atoms with Gasteiger partial charge in [-0.1, -0.05) is 76.6 Å². The lowest BCUT2D eigenvalue weighted by molar-refractivity contribution is -0.143. The Morgan fingerprint density at radius 3 is 1.98 bits per heavy atom. The molecule has 0 N–H and O–H groups in total. The molecule has 1 heterocycles. The largest absolute Gasteiger partial charge is 0.426 e. The molecule has 2 bridgehead atoms. The summed E-state index contributed by atoms with van der Waals surface area (Å²) in [4.78, 5) is 31.0. The summed E-state index contributed by atoms with van der Waals surface area (Å²) in [5.74, 6) is -0.0881. The molecule has 0 spiro atoms. The number of aromatic nitrogens is 1. The van der Waals surface area contributed by atoms with Crippen LogP contribution in [0, 0.1) is 5.41 Å². The molecule has 44 heavy (non-hydrogen) atoms. The number of esters is 2. The molecule has 5 nitrogen and oxygen atoms in total. The van der Waals surface area contributed by atoms with Crippen molar-refractivity contribution >= 4 is 27.9 Å². The fourth-order valence-corrected chi connectivity index (χ4v) is 7.00. The molecule has 0 fully saturated rings. The van der Waals surface area contributed by atoms with Crippen molar-refractivity contribution in [2.75, 3.05) is 0 Å². The molecule has 0 atom stereocenters. The van der Waals surface area contributed by atoms with Crippen molar-refractivity contribution in [2.45, 2.75) is 38.5 Å². The molecule has 4 aromatic carbocycles. The highest BCUT2D eigenvalue weighted by atomic mass is 79.9. The number of hydrogen-bond acceptors (Lipinski definition) is 5. The molecular weight excluding hydrogens is 614 g/mol. The third kappa shape index (κ3) is 4.47. The van der Waals surface area contributed by atoms with Crippen LogP contribution in [-0.2, 0) is 16.6 Å². The number of ether oxygens (including phenoxy) is 2. The number of benzene rings is 4. The van der Waals surface area contributed by atoms with Crippen LogP contribution in [0.2, 0.25) is 0 Å². The molecule has 1 aromatic heterocycles. The quantitative estimate of drug-likeness (QED) is 0.142. The first-order chi connectivity index (χ1) is 21.2. The summed E-state index contributed by atoms with van der Waals surface area (Å²) >= 11 is 3.59. The zero-order valence-electron chi connectivity index (χ0n) is 24.6. The first kappa shape index (κ1) is 28.2. The number of rotatable bonds is 5. The first-order valence-electron chi connectivity index (χ1n) is 14.6. The molecule has 6 heteroatoms. The minimum absolute atomic E-state index is 0.216. The summed E-state index contributed by atoms with van der Waals surface area (Å²) in [6.07, 6.45) is 3.75. The molecule has 5 aromatic rings. The van der Waals surface area contributed by atoms with Gasteiger partial charge in [0.05, 0.1) is 16.4 Å². The van der Waals surface area contributed by atoms with Crippen LogP contribution in [0.15, 0.2) is 114 Å². The van der Waals surface area contributed by atoms with Gasteiger partial charge in [0, 0.05) is 33.9 Å². The van der Waals surface area contributed by atoms with Gasteiger partial charge in [0.25, 0.3) is 0 Å². The average molecular weight is 645 g/mol. The van der Waals surface area contributed by atoms with E-state index in [0.717, 1.165) is 43.4 Å². The Morgan fingerprint density at radius 1 is 0.773 bits per heavy atom. The van der Waals surface area contributed by atoms with Gasteiger partial charge >= 0.3 is 11.9 Å². The number of carbonyl (C=O) groups is 2. The Morgan fingerprint density at radius 2 is 1.36 bits per heavy atom. The van der Waals surface area contributed by atoms with E-state index in [1.54, 1.807) is 36.7 Å². The van der Waals surface area contributed by atoms with Crippen LogP contribution >= 0.6 is 15.9 Å². The van der Waals surface area contributed by atoms with Crippen LogP contribution in [0.3, 0.4) is 0 Å². The summed E-state index contributed by atoms with van der Waals surface area (Å²) in [5.41, 5.74) is 6.40. The maximum atomic E-state index is 13.6. The predicted octanol–water partition coefficient (Wildman–Crippen LogP) is 8.40. The lowest BCUT2D eigenvalue weighted by Crippen LogP contribution is -2.44. The van der Waals surface area contributed by atoms with Crippen molar-refractivity contribution < 1.29 is 19.1 Å². The van der Waals surface area contributed by atoms with Crippen molar-refractivity contribution in [1.29, 1.82) is 0 Å². The van der Waals surface area contributed by atoms with E-state index in [2.05, 4.69) is 81.6 Å². The highest BCUT2D eigenvalue weighted by molar-refractivity contribution is 9.10. The summed E-state index contributed by atoms with van der Waals surface area (Å²) in [5, 5.41) is 0. The second-order valence-corrected chi connectivity index (χ2v) is 13.3. The van der Waals surface area contributed by atoms with E-state index in [9.17, 15) is 9.59 Å². The summed E-state index contributed by atoms with van der Waals surface area (Å²) < 4.78 is 13.5. The van der Waals surface area contributed by atoms with Gasteiger partial charge in [-0.2, -0.15) is 0 Å². The van der Waals surface area contributed by atoms with Crippen molar-refractivity contribution in [3.8, 4) is 11.5 Å². The molecule has 0 aliphatic heterocycles. The third-order valence-corrected chi connectivity index (χ3v) is 9.19. The van der Waals surface area contributed by atoms with Gasteiger partial charge in [-0.15, -0.1) is 0 Å². The number of pyridine rings is 1. The molecule has 0 radical (unpaired) electrons. The van der Waals surface area contributed by atoms with Gasteiger partial charge in [-0.25, -0.2) is 4.79 Å². The minimum atomic E-state index is -0.733. The molecule has 0 amide bonds. The lowest BCUT2D eigenvalue weighted by atomic mass is 9.51. The van der Waals surface area contributed by atoms with E-state index in [0.29, 0.717) is 23.5 Å². The molecular formula is C38H30BrNO4. The second-order valence-electron chi connectivity index (χ2n) is 12.4. The molecule has 3 aliphatic carbocycles. The van der Waals surface area contributed by atoms with Gasteiger partial charge in [0.1, 0.15) is 11.5 Å². The van der Waals surface area contributed by atoms with E-state index in [4.69, 9.17) is 9.47 Å². The lowest BCUT2D eigenvalue weighted by Gasteiger charge is -2.51. The van der Waals surface area contributed by atoms with Gasteiger partial charge < -0.3 is 9.47 Å². The van der Waals surface area contributed by atoms with Crippen molar-refractivity contribution in [3.63, 3.8) is 0 Å². The number of hydrogen-bond donors (Lipinski definition) is 0. The number of nitrogens with zero attached hydrogens (tertiary/aromatic N) is 1. The van der Waals surface area contributed by atoms with Crippen LogP contribution in [0.25, 0.3) is 0 Å². The maximum Gasteiger partial charge on any atom is 0.343 e. The number of carbonyl (C=O) groups excluding carboxylic acids is 2. The Kier molecular flexibility index (Phi) is 6.78. The smallest absolute Gasteiger partial charge is 0.343 e. The molecule has 0 unspecified atom stereocenters. The fourth-order valence-electron chi connectivity index (χ4n) is 6.74. The molecule has 0 saturated heterocycles. The van der Waals surface area contributed by atoms with Gasteiger partial charge in [-0.05, 0) is 91.4 Å². The zero-order valence-corrected chi connectivity index (χ0v) is 26.2. The molecule has 218 valence electrons. The van der Waals surface area contributed by atoms with E-state index in [1.807, 2.05) is 32.9 Å². The number of halogens is 1. The van der Waals surface area contributed by atoms with Gasteiger partial charge in [0.2, 0.25) is 0 Å². The highest BCUT2D eigenvalue weighted by Gasteiger charge is 2.54. The Labute approximate surface area is 265 Å². The molecule has 8 rings (SSSR count). The molecule has 3 aliphatic rings. The maximum absolute atomic E-state index is 13.6. The summed E-state index contributed by atoms with van der Waals surface area (Å²) in [6.45, 7) is 5.54. The Hall–Kier alpha value is -4.55. The monoisotopic (exact) mass is 643 g/mol. The Balaban J connectivity index is 1.54. The van der Waals surface area contributed by atoms with Crippen LogP contribution in [0.4, 0.5) is 0 Å². The highest BCUT2D eigenvalue weighted by Crippen LogP contribution is 2.64. The normalized spacial score (nSPS) is 17.7. The minimum Gasteiger partial charge on any atom is -0.426 e. The third-order valence-electron chi connectivity index (χ3n) is 8.66. The van der Waals surface area contributed by atoms with Crippen LogP contribution in [-0.4, -0.2) is 16.9 Å². The fraction of sp³-hybridized carbons (Fsp3) is 0.184. The topological polar surface area (TPSA) is 65.5 Å². The van der Waals surface area contributed by atoms with Crippen molar-refractivity contribution in [1.82, 2.24) is 4.98 Å². The van der Waals surface area contributed by atoms with Crippen LogP contribution < -0.4 is 9.47 Å². The van der Waals surface area contributed by atoms with Crippen molar-refractivity contribution in [2.24, 2.45) is 5.41 Å².